The molecule has 0 atom stereocenters. The summed E-state index contributed by atoms with van der Waals surface area (Å²) < 4.78 is 0. The zero-order chi connectivity index (χ0) is 14.5. The zero-order valence-corrected chi connectivity index (χ0v) is 12.5. The molecule has 0 radical (unpaired) electrons. The Hall–Kier alpha value is -1.64. The first-order valence-corrected chi connectivity index (χ1v) is 7.67. The highest BCUT2D eigenvalue weighted by Gasteiger charge is 1.98. The van der Waals surface area contributed by atoms with Crippen molar-refractivity contribution in [1.82, 2.24) is 5.43 Å². The van der Waals surface area contributed by atoms with Gasteiger partial charge in [-0.3, -0.25) is 4.79 Å². The van der Waals surface area contributed by atoms with E-state index in [1.54, 1.807) is 6.21 Å². The lowest BCUT2D eigenvalue weighted by Crippen LogP contribution is -2.17. The van der Waals surface area contributed by atoms with Crippen LogP contribution in [0.4, 0.5) is 0 Å². The van der Waals surface area contributed by atoms with Crippen LogP contribution in [-0.4, -0.2) is 12.1 Å². The number of unbranched alkanes of at least 4 members (excludes halogenated alkanes) is 5. The van der Waals surface area contributed by atoms with E-state index >= 15 is 0 Å². The van der Waals surface area contributed by atoms with E-state index in [9.17, 15) is 4.79 Å². The summed E-state index contributed by atoms with van der Waals surface area (Å²) in [6.45, 7) is 2.21. The Bertz CT molecular complexity index is 387. The van der Waals surface area contributed by atoms with E-state index in [0.29, 0.717) is 6.42 Å². The normalized spacial score (nSPS) is 10.8. The molecule has 1 N–H and O–H groups in total. The highest BCUT2D eigenvalue weighted by molar-refractivity contribution is 5.76. The lowest BCUT2D eigenvalue weighted by Gasteiger charge is -2.00. The molecule has 0 unspecified atom stereocenters. The molecule has 20 heavy (non-hydrogen) atoms. The Labute approximate surface area is 122 Å². The molecule has 0 fully saturated rings. The van der Waals surface area contributed by atoms with Gasteiger partial charge < -0.3 is 0 Å². The van der Waals surface area contributed by atoms with Crippen LogP contribution in [0.3, 0.4) is 0 Å². The van der Waals surface area contributed by atoms with Gasteiger partial charge in [0.2, 0.25) is 5.91 Å². The number of hydrazone groups is 1. The van der Waals surface area contributed by atoms with Crippen molar-refractivity contribution >= 4 is 12.1 Å². The van der Waals surface area contributed by atoms with Crippen molar-refractivity contribution in [2.45, 2.75) is 58.3 Å². The lowest BCUT2D eigenvalue weighted by atomic mass is 10.1. The number of benzene rings is 1. The Morgan fingerprint density at radius 2 is 1.80 bits per heavy atom. The van der Waals surface area contributed by atoms with Gasteiger partial charge in [0.15, 0.2) is 0 Å². The number of nitrogens with one attached hydrogen (secondary N) is 1. The first kappa shape index (κ1) is 16.4. The first-order chi connectivity index (χ1) is 9.83. The molecule has 1 aromatic rings. The number of rotatable bonds is 10. The Balaban J connectivity index is 2.02. The summed E-state index contributed by atoms with van der Waals surface area (Å²) in [6, 6.07) is 10.1. The quantitative estimate of drug-likeness (QED) is 0.390. The number of carbonyl (C=O) groups is 1. The highest BCUT2D eigenvalue weighted by atomic mass is 16.2. The summed E-state index contributed by atoms with van der Waals surface area (Å²) in [7, 11) is 0. The molecular formula is C17H26N2O. The highest BCUT2D eigenvalue weighted by Crippen LogP contribution is 2.06. The van der Waals surface area contributed by atoms with E-state index in [4.69, 9.17) is 0 Å². The van der Waals surface area contributed by atoms with E-state index in [-0.39, 0.29) is 5.91 Å². The van der Waals surface area contributed by atoms with E-state index in [1.165, 1.54) is 31.2 Å². The summed E-state index contributed by atoms with van der Waals surface area (Å²) in [6.07, 6.45) is 10.3. The van der Waals surface area contributed by atoms with Crippen LogP contribution in [0.5, 0.6) is 0 Å². The third-order valence-electron chi connectivity index (χ3n) is 3.21. The Kier molecular flexibility index (Phi) is 9.20. The molecule has 0 saturated heterocycles. The average molecular weight is 274 g/mol. The summed E-state index contributed by atoms with van der Waals surface area (Å²) in [5.41, 5.74) is 3.78. The van der Waals surface area contributed by atoms with Gasteiger partial charge in [-0.25, -0.2) is 5.43 Å². The standard InChI is InChI=1S/C17H26N2O/c1-2-3-4-5-6-10-13-17(20)19-18-15-14-16-11-8-7-9-12-16/h7-9,11-12,15H,2-6,10,13-14H2,1H3,(H,19,20). The fourth-order valence-corrected chi connectivity index (χ4v) is 2.00. The van der Waals surface area contributed by atoms with Crippen LogP contribution in [0.1, 0.15) is 57.4 Å². The minimum absolute atomic E-state index is 0.0183. The van der Waals surface area contributed by atoms with Crippen LogP contribution in [0.25, 0.3) is 0 Å². The zero-order valence-electron chi connectivity index (χ0n) is 12.5. The molecule has 0 spiro atoms. The maximum Gasteiger partial charge on any atom is 0.240 e. The van der Waals surface area contributed by atoms with Gasteiger partial charge in [0.05, 0.1) is 0 Å². The van der Waals surface area contributed by atoms with E-state index in [0.717, 1.165) is 19.3 Å². The van der Waals surface area contributed by atoms with Gasteiger partial charge in [-0.2, -0.15) is 5.10 Å². The predicted molar refractivity (Wildman–Crippen MR) is 84.8 cm³/mol. The van der Waals surface area contributed by atoms with Crippen molar-refractivity contribution in [1.29, 1.82) is 0 Å². The third kappa shape index (κ3) is 8.46. The second kappa shape index (κ2) is 11.2. The molecule has 1 amide bonds. The SMILES string of the molecule is CCCCCCCCC(=O)NN=CCc1ccccc1. The van der Waals surface area contributed by atoms with Crippen molar-refractivity contribution in [2.75, 3.05) is 0 Å². The summed E-state index contributed by atoms with van der Waals surface area (Å²) in [5.74, 6) is 0.0183. The van der Waals surface area contributed by atoms with Crippen LogP contribution in [0.2, 0.25) is 0 Å². The van der Waals surface area contributed by atoms with Gasteiger partial charge >= 0.3 is 0 Å². The van der Waals surface area contributed by atoms with E-state index in [2.05, 4.69) is 17.5 Å². The Morgan fingerprint density at radius 3 is 2.55 bits per heavy atom. The van der Waals surface area contributed by atoms with Crippen LogP contribution < -0.4 is 5.43 Å². The van der Waals surface area contributed by atoms with Crippen LogP contribution in [-0.2, 0) is 11.2 Å². The van der Waals surface area contributed by atoms with Gasteiger partial charge in [0.25, 0.3) is 0 Å². The monoisotopic (exact) mass is 274 g/mol. The molecule has 0 aromatic heterocycles. The first-order valence-electron chi connectivity index (χ1n) is 7.67. The molecule has 0 aliphatic rings. The molecule has 0 aliphatic heterocycles. The van der Waals surface area contributed by atoms with E-state index < -0.39 is 0 Å². The minimum atomic E-state index is 0.0183. The van der Waals surface area contributed by atoms with Crippen LogP contribution in [0.15, 0.2) is 35.4 Å². The molecule has 0 bridgehead atoms. The minimum Gasteiger partial charge on any atom is -0.273 e. The fraction of sp³-hybridized carbons (Fsp3) is 0.529. The van der Waals surface area contributed by atoms with Crippen LogP contribution >= 0.6 is 0 Å². The number of nitrogens with zero attached hydrogens (tertiary/aromatic N) is 1. The van der Waals surface area contributed by atoms with Crippen LogP contribution in [0, 0.1) is 0 Å². The number of hydrogen-bond acceptors (Lipinski definition) is 2. The second-order valence-electron chi connectivity index (χ2n) is 5.05. The Morgan fingerprint density at radius 1 is 1.10 bits per heavy atom. The molecule has 1 aromatic carbocycles. The fourth-order valence-electron chi connectivity index (χ4n) is 2.00. The third-order valence-corrected chi connectivity index (χ3v) is 3.21. The molecule has 0 heterocycles. The molecule has 3 nitrogen and oxygen atoms in total. The largest absolute Gasteiger partial charge is 0.273 e. The van der Waals surface area contributed by atoms with Crippen molar-refractivity contribution in [3.8, 4) is 0 Å². The van der Waals surface area contributed by atoms with Gasteiger partial charge in [0, 0.05) is 19.1 Å². The summed E-state index contributed by atoms with van der Waals surface area (Å²) >= 11 is 0. The van der Waals surface area contributed by atoms with Gasteiger partial charge in [-0.1, -0.05) is 69.4 Å². The maximum atomic E-state index is 11.5. The van der Waals surface area contributed by atoms with Crippen molar-refractivity contribution < 1.29 is 4.79 Å². The number of amides is 1. The molecule has 1 rings (SSSR count). The van der Waals surface area contributed by atoms with Crippen molar-refractivity contribution in [3.05, 3.63) is 35.9 Å². The van der Waals surface area contributed by atoms with Gasteiger partial charge in [0.1, 0.15) is 0 Å². The van der Waals surface area contributed by atoms with Crippen molar-refractivity contribution in [3.63, 3.8) is 0 Å². The smallest absolute Gasteiger partial charge is 0.240 e. The van der Waals surface area contributed by atoms with Gasteiger partial charge in [-0.05, 0) is 12.0 Å². The molecule has 110 valence electrons. The summed E-state index contributed by atoms with van der Waals surface area (Å²) in [4.78, 5) is 11.5. The van der Waals surface area contributed by atoms with E-state index in [1.807, 2.05) is 30.3 Å². The molecule has 0 saturated carbocycles. The summed E-state index contributed by atoms with van der Waals surface area (Å²) in [5, 5.41) is 3.97. The molecule has 0 aliphatic carbocycles. The molecular weight excluding hydrogens is 248 g/mol. The van der Waals surface area contributed by atoms with Gasteiger partial charge in [-0.15, -0.1) is 0 Å². The molecule has 3 heteroatoms. The topological polar surface area (TPSA) is 41.5 Å². The predicted octanol–water partition coefficient (Wildman–Crippen LogP) is 4.08. The lowest BCUT2D eigenvalue weighted by molar-refractivity contribution is -0.121. The number of hydrogen-bond donors (Lipinski definition) is 1. The van der Waals surface area contributed by atoms with Crippen molar-refractivity contribution in [2.24, 2.45) is 5.10 Å². The number of carbonyl (C=O) groups excluding carboxylic acids is 1. The second-order valence-corrected chi connectivity index (χ2v) is 5.05. The maximum absolute atomic E-state index is 11.5. The average Bonchev–Trinajstić information content (AvgIpc) is 2.48.